The summed E-state index contributed by atoms with van der Waals surface area (Å²) in [5.41, 5.74) is 0.287. The number of rotatable bonds is 6. The highest BCUT2D eigenvalue weighted by molar-refractivity contribution is 5.89. The Morgan fingerprint density at radius 3 is 2.79 bits per heavy atom. The number of pyridine rings is 1. The molecule has 2 rings (SSSR count). The topological polar surface area (TPSA) is 65.5 Å². The molecule has 0 atom stereocenters. The van der Waals surface area contributed by atoms with Crippen LogP contribution in [-0.4, -0.2) is 35.7 Å². The first-order valence-electron chi connectivity index (χ1n) is 6.83. The Morgan fingerprint density at radius 1 is 1.53 bits per heavy atom. The molecule has 19 heavy (non-hydrogen) atoms. The Morgan fingerprint density at radius 2 is 2.26 bits per heavy atom. The summed E-state index contributed by atoms with van der Waals surface area (Å²) >= 11 is 0. The summed E-state index contributed by atoms with van der Waals surface area (Å²) in [6.45, 7) is 2.95. The van der Waals surface area contributed by atoms with Crippen molar-refractivity contribution in [2.45, 2.75) is 38.6 Å². The van der Waals surface area contributed by atoms with Gasteiger partial charge in [0.1, 0.15) is 11.6 Å². The van der Waals surface area contributed by atoms with Gasteiger partial charge in [-0.15, -0.1) is 0 Å². The molecule has 0 aromatic carbocycles. The Hall–Kier alpha value is -1.78. The van der Waals surface area contributed by atoms with Crippen molar-refractivity contribution >= 4 is 17.6 Å². The van der Waals surface area contributed by atoms with Crippen LogP contribution < -0.4 is 10.2 Å². The van der Waals surface area contributed by atoms with Crippen LogP contribution >= 0.6 is 0 Å². The summed E-state index contributed by atoms with van der Waals surface area (Å²) in [6.07, 6.45) is 4.51. The lowest BCUT2D eigenvalue weighted by Gasteiger charge is -2.27. The number of nitrogens with one attached hydrogen (secondary N) is 1. The molecule has 1 aromatic heterocycles. The van der Waals surface area contributed by atoms with E-state index < -0.39 is 5.97 Å². The lowest BCUT2D eigenvalue weighted by atomic mass is 9.93. The fourth-order valence-electron chi connectivity index (χ4n) is 2.12. The zero-order valence-corrected chi connectivity index (χ0v) is 11.5. The number of aromatic nitrogens is 1. The number of carboxylic acid groups (broad SMARTS) is 1. The summed E-state index contributed by atoms with van der Waals surface area (Å²) in [5, 5.41) is 12.5. The molecule has 0 saturated heterocycles. The van der Waals surface area contributed by atoms with Crippen LogP contribution in [0.5, 0.6) is 0 Å². The molecule has 1 aromatic rings. The minimum atomic E-state index is -0.912. The third-order valence-electron chi connectivity index (χ3n) is 3.47. The number of aromatic carboxylic acids is 1. The average Bonchev–Trinajstić information content (AvgIpc) is 2.34. The highest BCUT2D eigenvalue weighted by Crippen LogP contribution is 2.24. The Balaban J connectivity index is 2.23. The molecule has 2 N–H and O–H groups in total. The quantitative estimate of drug-likeness (QED) is 0.826. The van der Waals surface area contributed by atoms with Crippen LogP contribution in [0.3, 0.4) is 0 Å². The Bertz CT molecular complexity index is 458. The van der Waals surface area contributed by atoms with Gasteiger partial charge >= 0.3 is 5.97 Å². The van der Waals surface area contributed by atoms with Crippen molar-refractivity contribution in [3.05, 3.63) is 17.7 Å². The van der Waals surface area contributed by atoms with Crippen LogP contribution in [0, 0.1) is 0 Å². The molecule has 0 aliphatic heterocycles. The molecule has 0 radical (unpaired) electrons. The second-order valence-electron chi connectivity index (χ2n) is 5.10. The molecule has 0 spiro atoms. The van der Waals surface area contributed by atoms with Crippen molar-refractivity contribution in [1.82, 2.24) is 4.98 Å². The van der Waals surface area contributed by atoms with Crippen molar-refractivity contribution in [2.24, 2.45) is 0 Å². The van der Waals surface area contributed by atoms with E-state index in [2.05, 4.69) is 17.2 Å². The standard InChI is InChI=1S/C14H21N3O2/c1-3-7-17(2)13-9-10(14(18)19)8-12(16-13)15-11-5-4-6-11/h8-9,11H,3-7H2,1-2H3,(H,15,16)(H,18,19). The number of hydrogen-bond acceptors (Lipinski definition) is 4. The Kier molecular flexibility index (Phi) is 4.24. The number of anilines is 2. The highest BCUT2D eigenvalue weighted by atomic mass is 16.4. The molecular weight excluding hydrogens is 242 g/mol. The zero-order valence-electron chi connectivity index (χ0n) is 11.5. The van der Waals surface area contributed by atoms with Gasteiger partial charge in [0, 0.05) is 19.6 Å². The van der Waals surface area contributed by atoms with Gasteiger partial charge in [-0.25, -0.2) is 9.78 Å². The van der Waals surface area contributed by atoms with Gasteiger partial charge in [0.2, 0.25) is 0 Å². The number of nitrogens with zero attached hydrogens (tertiary/aromatic N) is 2. The van der Waals surface area contributed by atoms with Gasteiger partial charge in [0.15, 0.2) is 0 Å². The minimum Gasteiger partial charge on any atom is -0.478 e. The summed E-state index contributed by atoms with van der Waals surface area (Å²) in [4.78, 5) is 17.7. The van der Waals surface area contributed by atoms with E-state index in [1.54, 1.807) is 12.1 Å². The third kappa shape index (κ3) is 3.36. The molecule has 1 saturated carbocycles. The fourth-order valence-corrected chi connectivity index (χ4v) is 2.12. The van der Waals surface area contributed by atoms with Gasteiger partial charge in [-0.2, -0.15) is 0 Å². The molecular formula is C14H21N3O2. The lowest BCUT2D eigenvalue weighted by molar-refractivity contribution is 0.0697. The van der Waals surface area contributed by atoms with Crippen LogP contribution in [0.2, 0.25) is 0 Å². The molecule has 5 nitrogen and oxygen atoms in total. The van der Waals surface area contributed by atoms with Crippen molar-refractivity contribution in [2.75, 3.05) is 23.8 Å². The monoisotopic (exact) mass is 263 g/mol. The smallest absolute Gasteiger partial charge is 0.335 e. The van der Waals surface area contributed by atoms with Crippen LogP contribution in [0.1, 0.15) is 43.0 Å². The van der Waals surface area contributed by atoms with Gasteiger partial charge in [-0.3, -0.25) is 0 Å². The first kappa shape index (κ1) is 13.6. The fraction of sp³-hybridized carbons (Fsp3) is 0.571. The van der Waals surface area contributed by atoms with E-state index in [1.165, 1.54) is 6.42 Å². The molecule has 1 fully saturated rings. The lowest BCUT2D eigenvalue weighted by Crippen LogP contribution is -2.28. The normalized spacial score (nSPS) is 14.8. The van der Waals surface area contributed by atoms with E-state index in [-0.39, 0.29) is 5.56 Å². The summed E-state index contributed by atoms with van der Waals surface area (Å²) in [7, 11) is 1.94. The van der Waals surface area contributed by atoms with Crippen molar-refractivity contribution in [3.8, 4) is 0 Å². The number of carboxylic acids is 1. The summed E-state index contributed by atoms with van der Waals surface area (Å²) < 4.78 is 0. The third-order valence-corrected chi connectivity index (χ3v) is 3.47. The van der Waals surface area contributed by atoms with Crippen LogP contribution in [-0.2, 0) is 0 Å². The van der Waals surface area contributed by atoms with E-state index in [4.69, 9.17) is 0 Å². The maximum atomic E-state index is 11.2. The van der Waals surface area contributed by atoms with Crippen LogP contribution in [0.15, 0.2) is 12.1 Å². The van der Waals surface area contributed by atoms with E-state index >= 15 is 0 Å². The molecule has 1 aliphatic rings. The van der Waals surface area contributed by atoms with Gasteiger partial charge in [-0.05, 0) is 37.8 Å². The predicted octanol–water partition coefficient (Wildman–Crippen LogP) is 2.59. The number of hydrogen-bond donors (Lipinski definition) is 2. The largest absolute Gasteiger partial charge is 0.478 e. The zero-order chi connectivity index (χ0) is 13.8. The van der Waals surface area contributed by atoms with Gasteiger partial charge in [0.25, 0.3) is 0 Å². The van der Waals surface area contributed by atoms with Crippen LogP contribution in [0.4, 0.5) is 11.6 Å². The molecule has 0 unspecified atom stereocenters. The molecule has 1 aliphatic carbocycles. The average molecular weight is 263 g/mol. The van der Waals surface area contributed by atoms with Crippen molar-refractivity contribution in [1.29, 1.82) is 0 Å². The van der Waals surface area contributed by atoms with Gasteiger partial charge in [-0.1, -0.05) is 6.92 Å². The van der Waals surface area contributed by atoms with Crippen LogP contribution in [0.25, 0.3) is 0 Å². The van der Waals surface area contributed by atoms with Gasteiger partial charge in [0.05, 0.1) is 5.56 Å². The SMILES string of the molecule is CCCN(C)c1cc(C(=O)O)cc(NC2CCC2)n1. The van der Waals surface area contributed by atoms with Crippen molar-refractivity contribution < 1.29 is 9.90 Å². The molecule has 0 bridgehead atoms. The van der Waals surface area contributed by atoms with E-state index in [1.807, 2.05) is 11.9 Å². The van der Waals surface area contributed by atoms with Gasteiger partial charge < -0.3 is 15.3 Å². The van der Waals surface area contributed by atoms with E-state index in [0.29, 0.717) is 17.7 Å². The minimum absolute atomic E-state index is 0.287. The molecule has 1 heterocycles. The van der Waals surface area contributed by atoms with E-state index in [9.17, 15) is 9.90 Å². The van der Waals surface area contributed by atoms with E-state index in [0.717, 1.165) is 25.8 Å². The second kappa shape index (κ2) is 5.91. The number of carbonyl (C=O) groups is 1. The Labute approximate surface area is 113 Å². The van der Waals surface area contributed by atoms with Crippen molar-refractivity contribution in [3.63, 3.8) is 0 Å². The molecule has 0 amide bonds. The maximum absolute atomic E-state index is 11.2. The first-order valence-corrected chi connectivity index (χ1v) is 6.83. The maximum Gasteiger partial charge on any atom is 0.335 e. The highest BCUT2D eigenvalue weighted by Gasteiger charge is 2.19. The first-order chi connectivity index (χ1) is 9.10. The second-order valence-corrected chi connectivity index (χ2v) is 5.10. The summed E-state index contributed by atoms with van der Waals surface area (Å²) in [5.74, 6) is 0.469. The summed E-state index contributed by atoms with van der Waals surface area (Å²) in [6, 6.07) is 3.69. The molecule has 104 valence electrons. The molecule has 5 heteroatoms. The predicted molar refractivity (Wildman–Crippen MR) is 76.0 cm³/mol.